The summed E-state index contributed by atoms with van der Waals surface area (Å²) < 4.78 is 0. The number of nitrogens with one attached hydrogen (secondary N) is 2. The van der Waals surface area contributed by atoms with E-state index in [9.17, 15) is 9.59 Å². The van der Waals surface area contributed by atoms with Gasteiger partial charge in [0.15, 0.2) is 0 Å². The van der Waals surface area contributed by atoms with Gasteiger partial charge in [-0.15, -0.1) is 10.2 Å². The van der Waals surface area contributed by atoms with Crippen molar-refractivity contribution in [3.05, 3.63) is 5.51 Å². The molecule has 0 spiro atoms. The Kier molecular flexibility index (Phi) is 3.52. The summed E-state index contributed by atoms with van der Waals surface area (Å²) in [6.45, 7) is 0. The number of carbonyl (C=O) groups excluding carboxylic acids is 1. The zero-order chi connectivity index (χ0) is 12.3. The third-order valence-corrected chi connectivity index (χ3v) is 3.30. The number of carboxylic acid groups (broad SMARTS) is 1. The van der Waals surface area contributed by atoms with E-state index in [1.165, 1.54) is 16.8 Å². The van der Waals surface area contributed by atoms with Crippen LogP contribution in [0.1, 0.15) is 19.3 Å². The topological polar surface area (TPSA) is 104 Å². The van der Waals surface area contributed by atoms with Crippen molar-refractivity contribution in [1.82, 2.24) is 15.5 Å². The van der Waals surface area contributed by atoms with Gasteiger partial charge in [0.05, 0.1) is 5.92 Å². The summed E-state index contributed by atoms with van der Waals surface area (Å²) in [4.78, 5) is 22.3. The van der Waals surface area contributed by atoms with Crippen LogP contribution in [0.2, 0.25) is 0 Å². The highest BCUT2D eigenvalue weighted by atomic mass is 32.1. The van der Waals surface area contributed by atoms with Gasteiger partial charge in [-0.2, -0.15) is 0 Å². The zero-order valence-corrected chi connectivity index (χ0v) is 9.74. The fourth-order valence-electron chi connectivity index (χ4n) is 1.88. The molecule has 1 aliphatic carbocycles. The van der Waals surface area contributed by atoms with Crippen molar-refractivity contribution in [1.29, 1.82) is 0 Å². The molecule has 2 unspecified atom stereocenters. The summed E-state index contributed by atoms with van der Waals surface area (Å²) in [6.07, 6.45) is 1.79. The van der Waals surface area contributed by atoms with E-state index in [0.717, 1.165) is 0 Å². The molecule has 0 aliphatic heterocycles. The van der Waals surface area contributed by atoms with E-state index >= 15 is 0 Å². The number of carbonyl (C=O) groups is 2. The lowest BCUT2D eigenvalue weighted by Gasteiger charge is -2.11. The maximum Gasteiger partial charge on any atom is 0.321 e. The maximum absolute atomic E-state index is 11.5. The van der Waals surface area contributed by atoms with Gasteiger partial charge in [0, 0.05) is 6.04 Å². The van der Waals surface area contributed by atoms with Crippen LogP contribution in [-0.4, -0.2) is 33.3 Å². The van der Waals surface area contributed by atoms with Crippen LogP contribution < -0.4 is 10.6 Å². The number of rotatable bonds is 3. The van der Waals surface area contributed by atoms with Crippen molar-refractivity contribution in [2.45, 2.75) is 25.3 Å². The van der Waals surface area contributed by atoms with Crippen molar-refractivity contribution in [2.24, 2.45) is 5.92 Å². The molecule has 2 rings (SSSR count). The Bertz CT molecular complexity index is 408. The highest BCUT2D eigenvalue weighted by Crippen LogP contribution is 2.25. The van der Waals surface area contributed by atoms with Gasteiger partial charge in [-0.05, 0) is 19.3 Å². The largest absolute Gasteiger partial charge is 0.481 e. The third-order valence-electron chi connectivity index (χ3n) is 2.70. The van der Waals surface area contributed by atoms with Crippen molar-refractivity contribution in [3.8, 4) is 0 Å². The number of urea groups is 1. The molecular formula is C9H12N4O3S. The number of hydrogen-bond donors (Lipinski definition) is 3. The molecule has 0 bridgehead atoms. The van der Waals surface area contributed by atoms with Crippen LogP contribution in [-0.2, 0) is 4.79 Å². The SMILES string of the molecule is O=C(Nc1nncs1)NC1CCC(C(=O)O)C1. The smallest absolute Gasteiger partial charge is 0.321 e. The van der Waals surface area contributed by atoms with E-state index in [-0.39, 0.29) is 18.0 Å². The lowest BCUT2D eigenvalue weighted by atomic mass is 10.1. The molecule has 0 radical (unpaired) electrons. The molecule has 0 aromatic carbocycles. The van der Waals surface area contributed by atoms with E-state index in [2.05, 4.69) is 20.8 Å². The molecule has 2 atom stereocenters. The van der Waals surface area contributed by atoms with E-state index in [0.29, 0.717) is 24.4 Å². The number of carboxylic acids is 1. The molecule has 3 N–H and O–H groups in total. The van der Waals surface area contributed by atoms with E-state index in [1.54, 1.807) is 0 Å². The zero-order valence-electron chi connectivity index (χ0n) is 8.92. The molecular weight excluding hydrogens is 244 g/mol. The first kappa shape index (κ1) is 11.8. The Labute approximate surface area is 101 Å². The van der Waals surface area contributed by atoms with Crippen LogP contribution in [0.5, 0.6) is 0 Å². The summed E-state index contributed by atoms with van der Waals surface area (Å²) in [5, 5.41) is 21.8. The van der Waals surface area contributed by atoms with Gasteiger partial charge in [0.2, 0.25) is 5.13 Å². The van der Waals surface area contributed by atoms with Gasteiger partial charge >= 0.3 is 12.0 Å². The van der Waals surface area contributed by atoms with Crippen LogP contribution in [0.25, 0.3) is 0 Å². The number of aromatic nitrogens is 2. The summed E-state index contributed by atoms with van der Waals surface area (Å²) in [6, 6.07) is -0.443. The van der Waals surface area contributed by atoms with Crippen molar-refractivity contribution >= 4 is 28.5 Å². The molecule has 1 aromatic heterocycles. The molecule has 1 heterocycles. The van der Waals surface area contributed by atoms with Gasteiger partial charge in [0.1, 0.15) is 5.51 Å². The first-order chi connectivity index (χ1) is 8.15. The second-order valence-electron chi connectivity index (χ2n) is 3.89. The molecule has 0 saturated heterocycles. The van der Waals surface area contributed by atoms with Crippen LogP contribution >= 0.6 is 11.3 Å². The van der Waals surface area contributed by atoms with E-state index in [4.69, 9.17) is 5.11 Å². The molecule has 17 heavy (non-hydrogen) atoms. The fourth-order valence-corrected chi connectivity index (χ4v) is 2.32. The lowest BCUT2D eigenvalue weighted by Crippen LogP contribution is -2.36. The van der Waals surface area contributed by atoms with E-state index in [1.807, 2.05) is 0 Å². The van der Waals surface area contributed by atoms with Gasteiger partial charge in [0.25, 0.3) is 0 Å². The van der Waals surface area contributed by atoms with Gasteiger partial charge in [-0.25, -0.2) is 4.79 Å². The quantitative estimate of drug-likeness (QED) is 0.745. The number of aliphatic carboxylic acids is 1. The predicted molar refractivity (Wildman–Crippen MR) is 60.8 cm³/mol. The van der Waals surface area contributed by atoms with Crippen molar-refractivity contribution < 1.29 is 14.7 Å². The predicted octanol–water partition coefficient (Wildman–Crippen LogP) is 0.913. The summed E-state index contributed by atoms with van der Waals surface area (Å²) in [7, 11) is 0. The van der Waals surface area contributed by atoms with Gasteiger partial charge < -0.3 is 10.4 Å². The standard InChI is InChI=1S/C9H12N4O3S/c14-7(15)5-1-2-6(3-5)11-8(16)12-9-13-10-4-17-9/h4-6H,1-3H2,(H,14,15)(H2,11,12,13,16). The second-order valence-corrected chi connectivity index (χ2v) is 4.72. The minimum Gasteiger partial charge on any atom is -0.481 e. The highest BCUT2D eigenvalue weighted by Gasteiger charge is 2.30. The van der Waals surface area contributed by atoms with Crippen LogP contribution in [0.4, 0.5) is 9.93 Å². The van der Waals surface area contributed by atoms with Crippen LogP contribution in [0, 0.1) is 5.92 Å². The maximum atomic E-state index is 11.5. The monoisotopic (exact) mass is 256 g/mol. The summed E-state index contributed by atoms with van der Waals surface area (Å²) in [5.74, 6) is -1.14. The average molecular weight is 256 g/mol. The van der Waals surface area contributed by atoms with Gasteiger partial charge in [-0.1, -0.05) is 11.3 Å². The Morgan fingerprint density at radius 2 is 2.29 bits per heavy atom. The van der Waals surface area contributed by atoms with Gasteiger partial charge in [-0.3, -0.25) is 10.1 Å². The number of nitrogens with zero attached hydrogens (tertiary/aromatic N) is 2. The lowest BCUT2D eigenvalue weighted by molar-refractivity contribution is -0.141. The normalized spacial score (nSPS) is 23.3. The van der Waals surface area contributed by atoms with Crippen LogP contribution in [0.3, 0.4) is 0 Å². The second kappa shape index (κ2) is 5.09. The molecule has 7 nitrogen and oxygen atoms in total. The molecule has 1 aromatic rings. The third kappa shape index (κ3) is 3.13. The Morgan fingerprint density at radius 3 is 2.88 bits per heavy atom. The minimum absolute atomic E-state index is 0.0796. The Hall–Kier alpha value is -1.70. The molecule has 2 amide bonds. The van der Waals surface area contributed by atoms with Crippen LogP contribution in [0.15, 0.2) is 5.51 Å². The number of anilines is 1. The molecule has 92 valence electrons. The number of amides is 2. The van der Waals surface area contributed by atoms with Crippen molar-refractivity contribution in [3.63, 3.8) is 0 Å². The van der Waals surface area contributed by atoms with Crippen molar-refractivity contribution in [2.75, 3.05) is 5.32 Å². The summed E-state index contributed by atoms with van der Waals surface area (Å²) in [5.41, 5.74) is 1.52. The Balaban J connectivity index is 1.78. The first-order valence-electron chi connectivity index (χ1n) is 5.21. The fraction of sp³-hybridized carbons (Fsp3) is 0.556. The Morgan fingerprint density at radius 1 is 1.47 bits per heavy atom. The minimum atomic E-state index is -0.793. The molecule has 8 heteroatoms. The first-order valence-corrected chi connectivity index (χ1v) is 6.09. The molecule has 1 fully saturated rings. The van der Waals surface area contributed by atoms with E-state index < -0.39 is 5.97 Å². The highest BCUT2D eigenvalue weighted by molar-refractivity contribution is 7.13. The summed E-state index contributed by atoms with van der Waals surface area (Å²) >= 11 is 1.23. The molecule has 1 saturated carbocycles. The molecule has 1 aliphatic rings. The number of hydrogen-bond acceptors (Lipinski definition) is 5. The average Bonchev–Trinajstić information content (AvgIpc) is 2.88.